The van der Waals surface area contributed by atoms with E-state index in [2.05, 4.69) is 15.5 Å². The predicted octanol–water partition coefficient (Wildman–Crippen LogP) is 6.36. The number of amides is 1. The van der Waals surface area contributed by atoms with E-state index < -0.39 is 10.0 Å². The highest BCUT2D eigenvalue weighted by atomic mass is 35.5. The highest BCUT2D eigenvalue weighted by Crippen LogP contribution is 2.30. The molecular formula is C31H28ClN5O4S2. The summed E-state index contributed by atoms with van der Waals surface area (Å²) in [5.41, 5.74) is 2.59. The van der Waals surface area contributed by atoms with Crippen LogP contribution in [0.25, 0.3) is 5.69 Å². The summed E-state index contributed by atoms with van der Waals surface area (Å²) in [6.07, 6.45) is 0. The van der Waals surface area contributed by atoms with Crippen molar-refractivity contribution < 1.29 is 17.9 Å². The van der Waals surface area contributed by atoms with Crippen LogP contribution in [-0.4, -0.2) is 42.0 Å². The van der Waals surface area contributed by atoms with E-state index >= 15 is 0 Å². The number of nitrogens with one attached hydrogen (secondary N) is 1. The van der Waals surface area contributed by atoms with Gasteiger partial charge in [0.2, 0.25) is 5.91 Å². The Morgan fingerprint density at radius 1 is 0.953 bits per heavy atom. The first-order valence-corrected chi connectivity index (χ1v) is 16.0. The van der Waals surface area contributed by atoms with E-state index in [4.69, 9.17) is 16.3 Å². The highest BCUT2D eigenvalue weighted by molar-refractivity contribution is 7.99. The molecule has 12 heteroatoms. The molecule has 0 spiro atoms. The molecule has 9 nitrogen and oxygen atoms in total. The standard InChI is InChI=1S/C31H28ClN5O4S2/c1-22-15-17-26(18-16-22)43(39,40)36(25-12-8-9-23(32)19-25)20-29-34-35-31(37(29)24-10-4-3-5-11-24)42-21-30(38)33-27-13-6-7-14-28(27)41-2/h3-19H,20-21H2,1-2H3,(H,33,38). The molecule has 0 radical (unpaired) electrons. The molecular weight excluding hydrogens is 606 g/mol. The monoisotopic (exact) mass is 633 g/mol. The van der Waals surface area contributed by atoms with E-state index in [-0.39, 0.29) is 23.1 Å². The molecule has 0 fully saturated rings. The summed E-state index contributed by atoms with van der Waals surface area (Å²) in [5, 5.41) is 12.4. The van der Waals surface area contributed by atoms with Gasteiger partial charge in [-0.3, -0.25) is 13.7 Å². The van der Waals surface area contributed by atoms with Crippen LogP contribution in [0.15, 0.2) is 113 Å². The number of thioether (sulfide) groups is 1. The number of aromatic nitrogens is 3. The van der Waals surface area contributed by atoms with Crippen molar-refractivity contribution in [3.8, 4) is 11.4 Å². The van der Waals surface area contributed by atoms with Crippen molar-refractivity contribution in [2.45, 2.75) is 23.5 Å². The minimum absolute atomic E-state index is 0.0304. The fourth-order valence-electron chi connectivity index (χ4n) is 4.31. The summed E-state index contributed by atoms with van der Waals surface area (Å²) >= 11 is 7.47. The molecule has 0 aliphatic rings. The number of nitrogens with zero attached hydrogens (tertiary/aromatic N) is 4. The first-order chi connectivity index (χ1) is 20.8. The normalized spacial score (nSPS) is 11.2. The number of halogens is 1. The average molecular weight is 634 g/mol. The van der Waals surface area contributed by atoms with Crippen molar-refractivity contribution >= 4 is 50.7 Å². The zero-order valence-corrected chi connectivity index (χ0v) is 25.7. The van der Waals surface area contributed by atoms with Gasteiger partial charge in [0.25, 0.3) is 10.0 Å². The maximum absolute atomic E-state index is 14.0. The molecule has 1 heterocycles. The maximum atomic E-state index is 14.0. The Morgan fingerprint density at radius 3 is 2.40 bits per heavy atom. The van der Waals surface area contributed by atoms with E-state index in [0.29, 0.717) is 38.8 Å². The van der Waals surface area contributed by atoms with E-state index in [0.717, 1.165) is 5.56 Å². The van der Waals surface area contributed by atoms with Gasteiger partial charge in [0, 0.05) is 10.7 Å². The van der Waals surface area contributed by atoms with Crippen LogP contribution in [0.2, 0.25) is 5.02 Å². The molecule has 220 valence electrons. The Kier molecular flexibility index (Phi) is 9.34. The third kappa shape index (κ3) is 7.02. The van der Waals surface area contributed by atoms with Crippen LogP contribution in [0, 0.1) is 6.92 Å². The minimum Gasteiger partial charge on any atom is -0.495 e. The molecule has 0 aliphatic carbocycles. The second-order valence-electron chi connectivity index (χ2n) is 9.41. The first-order valence-electron chi connectivity index (χ1n) is 13.2. The van der Waals surface area contributed by atoms with Gasteiger partial charge < -0.3 is 10.1 Å². The number of ether oxygens (including phenoxy) is 1. The first kappa shape index (κ1) is 30.1. The van der Waals surface area contributed by atoms with Crippen LogP contribution < -0.4 is 14.4 Å². The van der Waals surface area contributed by atoms with Crippen LogP contribution in [-0.2, 0) is 21.4 Å². The number of hydrogen-bond acceptors (Lipinski definition) is 7. The van der Waals surface area contributed by atoms with Crippen molar-refractivity contribution in [1.29, 1.82) is 0 Å². The number of para-hydroxylation sites is 3. The predicted molar refractivity (Wildman–Crippen MR) is 170 cm³/mol. The molecule has 5 rings (SSSR count). The van der Waals surface area contributed by atoms with Crippen molar-refractivity contribution in [1.82, 2.24) is 14.8 Å². The third-order valence-electron chi connectivity index (χ3n) is 6.42. The zero-order valence-electron chi connectivity index (χ0n) is 23.3. The van der Waals surface area contributed by atoms with Gasteiger partial charge in [-0.25, -0.2) is 8.42 Å². The molecule has 0 unspecified atom stereocenters. The lowest BCUT2D eigenvalue weighted by Gasteiger charge is -2.25. The molecule has 0 aliphatic heterocycles. The molecule has 1 amide bonds. The molecule has 5 aromatic rings. The van der Waals surface area contributed by atoms with Crippen molar-refractivity contribution in [3.05, 3.63) is 120 Å². The molecule has 1 aromatic heterocycles. The lowest BCUT2D eigenvalue weighted by Crippen LogP contribution is -2.31. The smallest absolute Gasteiger partial charge is 0.264 e. The lowest BCUT2D eigenvalue weighted by molar-refractivity contribution is -0.113. The highest BCUT2D eigenvalue weighted by Gasteiger charge is 2.28. The van der Waals surface area contributed by atoms with Crippen molar-refractivity contribution in [2.24, 2.45) is 0 Å². The number of anilines is 2. The van der Waals surface area contributed by atoms with E-state index in [9.17, 15) is 13.2 Å². The van der Waals surface area contributed by atoms with E-state index in [1.54, 1.807) is 71.3 Å². The zero-order chi connectivity index (χ0) is 30.4. The van der Waals surface area contributed by atoms with Gasteiger partial charge in [0.1, 0.15) is 5.75 Å². The fraction of sp³-hybridized carbons (Fsp3) is 0.129. The van der Waals surface area contributed by atoms with Gasteiger partial charge in [-0.15, -0.1) is 10.2 Å². The lowest BCUT2D eigenvalue weighted by atomic mass is 10.2. The van der Waals surface area contributed by atoms with Crippen LogP contribution in [0.3, 0.4) is 0 Å². The second kappa shape index (κ2) is 13.3. The molecule has 1 N–H and O–H groups in total. The Bertz CT molecular complexity index is 1830. The van der Waals surface area contributed by atoms with Crippen molar-refractivity contribution in [3.63, 3.8) is 0 Å². The van der Waals surface area contributed by atoms with Crippen LogP contribution in [0.1, 0.15) is 11.4 Å². The van der Waals surface area contributed by atoms with Crippen LogP contribution in [0.5, 0.6) is 5.75 Å². The maximum Gasteiger partial charge on any atom is 0.264 e. The molecule has 0 atom stereocenters. The minimum atomic E-state index is -4.03. The number of rotatable bonds is 11. The number of methoxy groups -OCH3 is 1. The number of benzene rings is 4. The number of aryl methyl sites for hydroxylation is 1. The van der Waals surface area contributed by atoms with Crippen LogP contribution >= 0.6 is 23.4 Å². The van der Waals surface area contributed by atoms with Gasteiger partial charge in [-0.1, -0.05) is 77.5 Å². The van der Waals surface area contributed by atoms with Crippen LogP contribution in [0.4, 0.5) is 11.4 Å². The van der Waals surface area contributed by atoms with Gasteiger partial charge in [0.15, 0.2) is 11.0 Å². The van der Waals surface area contributed by atoms with E-state index in [1.807, 2.05) is 43.3 Å². The Labute approximate surface area is 259 Å². The summed E-state index contributed by atoms with van der Waals surface area (Å²) < 4.78 is 36.4. The Balaban J connectivity index is 1.49. The number of sulfonamides is 1. The number of carbonyl (C=O) groups excluding carboxylic acids is 1. The van der Waals surface area contributed by atoms with E-state index in [1.165, 1.54) is 23.2 Å². The fourth-order valence-corrected chi connectivity index (χ4v) is 6.68. The Hall–Kier alpha value is -4.32. The molecule has 0 saturated carbocycles. The average Bonchev–Trinajstić information content (AvgIpc) is 3.42. The van der Waals surface area contributed by atoms with Gasteiger partial charge in [-0.05, 0) is 61.5 Å². The van der Waals surface area contributed by atoms with Crippen molar-refractivity contribution in [2.75, 3.05) is 22.5 Å². The topological polar surface area (TPSA) is 106 Å². The third-order valence-corrected chi connectivity index (χ3v) is 9.37. The second-order valence-corrected chi connectivity index (χ2v) is 12.7. The molecule has 0 saturated heterocycles. The SMILES string of the molecule is COc1ccccc1NC(=O)CSc1nnc(CN(c2cccc(Cl)c2)S(=O)(=O)c2ccc(C)cc2)n1-c1ccccc1. The number of hydrogen-bond donors (Lipinski definition) is 1. The summed E-state index contributed by atoms with van der Waals surface area (Å²) in [4.78, 5) is 13.0. The van der Waals surface area contributed by atoms with Gasteiger partial charge >= 0.3 is 0 Å². The summed E-state index contributed by atoms with van der Waals surface area (Å²) in [6.45, 7) is 1.75. The molecule has 4 aromatic carbocycles. The quantitative estimate of drug-likeness (QED) is 0.169. The van der Waals surface area contributed by atoms with Gasteiger partial charge in [-0.2, -0.15) is 0 Å². The number of carbonyl (C=O) groups is 1. The molecule has 0 bridgehead atoms. The Morgan fingerprint density at radius 2 is 1.67 bits per heavy atom. The summed E-state index contributed by atoms with van der Waals surface area (Å²) in [7, 11) is -2.49. The molecule has 43 heavy (non-hydrogen) atoms. The summed E-state index contributed by atoms with van der Waals surface area (Å²) in [5.74, 6) is 0.671. The van der Waals surface area contributed by atoms with Gasteiger partial charge in [0.05, 0.1) is 35.7 Å². The largest absolute Gasteiger partial charge is 0.495 e. The summed E-state index contributed by atoms with van der Waals surface area (Å²) in [6, 6.07) is 29.8.